The second-order valence-electron chi connectivity index (χ2n) is 3.73. The SMILES string of the molecule is Clc1ccc(-c2cnc3ccc(Br)cn23)cc1. The third kappa shape index (κ3) is 1.96. The maximum atomic E-state index is 5.89. The highest BCUT2D eigenvalue weighted by Crippen LogP contribution is 2.23. The molecule has 0 spiro atoms. The van der Waals surface area contributed by atoms with E-state index in [9.17, 15) is 0 Å². The van der Waals surface area contributed by atoms with E-state index in [1.807, 2.05) is 53.2 Å². The van der Waals surface area contributed by atoms with Crippen LogP contribution in [0.3, 0.4) is 0 Å². The molecule has 4 heteroatoms. The summed E-state index contributed by atoms with van der Waals surface area (Å²) in [7, 11) is 0. The first-order valence-corrected chi connectivity index (χ1v) is 6.30. The third-order valence-electron chi connectivity index (χ3n) is 2.61. The van der Waals surface area contributed by atoms with Crippen LogP contribution in [-0.2, 0) is 0 Å². The highest BCUT2D eigenvalue weighted by molar-refractivity contribution is 9.10. The van der Waals surface area contributed by atoms with E-state index >= 15 is 0 Å². The normalized spacial score (nSPS) is 10.9. The standard InChI is InChI=1S/C13H8BrClN2/c14-10-3-6-13-16-7-12(17(13)8-10)9-1-4-11(15)5-2-9/h1-8H. The number of nitrogens with zero attached hydrogens (tertiary/aromatic N) is 2. The Morgan fingerprint density at radius 2 is 1.82 bits per heavy atom. The topological polar surface area (TPSA) is 17.3 Å². The number of hydrogen-bond acceptors (Lipinski definition) is 1. The van der Waals surface area contributed by atoms with Crippen molar-refractivity contribution in [3.63, 3.8) is 0 Å². The Kier molecular flexibility index (Phi) is 2.65. The van der Waals surface area contributed by atoms with E-state index in [-0.39, 0.29) is 0 Å². The van der Waals surface area contributed by atoms with Crippen LogP contribution >= 0.6 is 27.5 Å². The second kappa shape index (κ2) is 4.17. The van der Waals surface area contributed by atoms with Crippen LogP contribution in [0.4, 0.5) is 0 Å². The quantitative estimate of drug-likeness (QED) is 0.650. The predicted octanol–water partition coefficient (Wildman–Crippen LogP) is 4.42. The lowest BCUT2D eigenvalue weighted by molar-refractivity contribution is 1.18. The first-order chi connectivity index (χ1) is 8.24. The van der Waals surface area contributed by atoms with Gasteiger partial charge in [-0.25, -0.2) is 4.98 Å². The number of pyridine rings is 1. The molecule has 0 bridgehead atoms. The van der Waals surface area contributed by atoms with Gasteiger partial charge >= 0.3 is 0 Å². The van der Waals surface area contributed by atoms with Gasteiger partial charge in [-0.1, -0.05) is 23.7 Å². The summed E-state index contributed by atoms with van der Waals surface area (Å²) in [5.74, 6) is 0. The maximum Gasteiger partial charge on any atom is 0.137 e. The summed E-state index contributed by atoms with van der Waals surface area (Å²) < 4.78 is 3.08. The van der Waals surface area contributed by atoms with E-state index in [2.05, 4.69) is 20.9 Å². The summed E-state index contributed by atoms with van der Waals surface area (Å²) in [6, 6.07) is 11.7. The van der Waals surface area contributed by atoms with Gasteiger partial charge in [0.2, 0.25) is 0 Å². The molecule has 17 heavy (non-hydrogen) atoms. The van der Waals surface area contributed by atoms with Crippen LogP contribution in [0.25, 0.3) is 16.9 Å². The van der Waals surface area contributed by atoms with E-state index in [0.717, 1.165) is 26.4 Å². The van der Waals surface area contributed by atoms with Gasteiger partial charge in [-0.2, -0.15) is 0 Å². The lowest BCUT2D eigenvalue weighted by Crippen LogP contribution is -1.87. The molecular formula is C13H8BrClN2. The monoisotopic (exact) mass is 306 g/mol. The third-order valence-corrected chi connectivity index (χ3v) is 3.33. The van der Waals surface area contributed by atoms with Crippen molar-refractivity contribution in [2.45, 2.75) is 0 Å². The van der Waals surface area contributed by atoms with Crippen LogP contribution in [-0.4, -0.2) is 9.38 Å². The van der Waals surface area contributed by atoms with Gasteiger partial charge < -0.3 is 0 Å². The molecule has 0 atom stereocenters. The molecule has 1 aromatic carbocycles. The summed E-state index contributed by atoms with van der Waals surface area (Å²) in [6.45, 7) is 0. The van der Waals surface area contributed by atoms with Crippen molar-refractivity contribution in [1.82, 2.24) is 9.38 Å². The number of hydrogen-bond donors (Lipinski definition) is 0. The summed E-state index contributed by atoms with van der Waals surface area (Å²) >= 11 is 9.35. The summed E-state index contributed by atoms with van der Waals surface area (Å²) in [5, 5.41) is 0.740. The van der Waals surface area contributed by atoms with Gasteiger partial charge in [-0.15, -0.1) is 0 Å². The van der Waals surface area contributed by atoms with Gasteiger partial charge in [0.05, 0.1) is 11.9 Å². The van der Waals surface area contributed by atoms with E-state index in [0.29, 0.717) is 0 Å². The summed E-state index contributed by atoms with van der Waals surface area (Å²) in [5.41, 5.74) is 3.08. The molecule has 0 unspecified atom stereocenters. The minimum absolute atomic E-state index is 0.740. The molecule has 2 aromatic heterocycles. The van der Waals surface area contributed by atoms with Crippen molar-refractivity contribution in [2.75, 3.05) is 0 Å². The number of aromatic nitrogens is 2. The van der Waals surface area contributed by atoms with Gasteiger partial charge in [-0.05, 0) is 40.2 Å². The van der Waals surface area contributed by atoms with Crippen molar-refractivity contribution >= 4 is 33.2 Å². The number of benzene rings is 1. The highest BCUT2D eigenvalue weighted by atomic mass is 79.9. The van der Waals surface area contributed by atoms with Crippen molar-refractivity contribution in [3.05, 3.63) is 58.3 Å². The Morgan fingerprint density at radius 3 is 2.59 bits per heavy atom. The zero-order valence-corrected chi connectivity index (χ0v) is 11.1. The summed E-state index contributed by atoms with van der Waals surface area (Å²) in [6.07, 6.45) is 3.87. The molecule has 2 nitrogen and oxygen atoms in total. The molecule has 0 aliphatic carbocycles. The Balaban J connectivity index is 2.23. The predicted molar refractivity (Wildman–Crippen MR) is 73.3 cm³/mol. The van der Waals surface area contributed by atoms with Gasteiger partial charge in [-0.3, -0.25) is 4.40 Å². The van der Waals surface area contributed by atoms with Gasteiger partial charge in [0.25, 0.3) is 0 Å². The largest absolute Gasteiger partial charge is 0.299 e. The van der Waals surface area contributed by atoms with Crippen LogP contribution in [0.15, 0.2) is 53.3 Å². The molecule has 0 N–H and O–H groups in total. The summed E-state index contributed by atoms with van der Waals surface area (Å²) in [4.78, 5) is 4.37. The molecular weight excluding hydrogens is 300 g/mol. The number of imidazole rings is 1. The molecule has 0 amide bonds. The van der Waals surface area contributed by atoms with Gasteiger partial charge in [0.1, 0.15) is 5.65 Å². The molecule has 2 heterocycles. The van der Waals surface area contributed by atoms with Crippen LogP contribution < -0.4 is 0 Å². The number of rotatable bonds is 1. The molecule has 3 rings (SSSR count). The van der Waals surface area contributed by atoms with Gasteiger partial charge in [0, 0.05) is 21.3 Å². The van der Waals surface area contributed by atoms with Crippen molar-refractivity contribution in [3.8, 4) is 11.3 Å². The van der Waals surface area contributed by atoms with Crippen LogP contribution in [0, 0.1) is 0 Å². The zero-order valence-electron chi connectivity index (χ0n) is 8.77. The number of halogens is 2. The molecule has 0 saturated carbocycles. The average molecular weight is 308 g/mol. The molecule has 3 aromatic rings. The zero-order chi connectivity index (χ0) is 11.8. The Hall–Kier alpha value is -1.32. The lowest BCUT2D eigenvalue weighted by atomic mass is 10.2. The van der Waals surface area contributed by atoms with E-state index in [1.54, 1.807) is 0 Å². The first-order valence-electron chi connectivity index (χ1n) is 5.12. The fraction of sp³-hybridized carbons (Fsp3) is 0. The average Bonchev–Trinajstić information content (AvgIpc) is 2.73. The van der Waals surface area contributed by atoms with Crippen LogP contribution in [0.5, 0.6) is 0 Å². The van der Waals surface area contributed by atoms with E-state index < -0.39 is 0 Å². The van der Waals surface area contributed by atoms with E-state index in [4.69, 9.17) is 11.6 Å². The molecule has 0 aliphatic heterocycles. The molecule has 0 aliphatic rings. The Morgan fingerprint density at radius 1 is 1.06 bits per heavy atom. The van der Waals surface area contributed by atoms with Crippen molar-refractivity contribution in [1.29, 1.82) is 0 Å². The first kappa shape index (κ1) is 10.8. The Bertz CT molecular complexity index is 673. The van der Waals surface area contributed by atoms with Crippen molar-refractivity contribution in [2.24, 2.45) is 0 Å². The highest BCUT2D eigenvalue weighted by Gasteiger charge is 2.05. The van der Waals surface area contributed by atoms with Gasteiger partial charge in [0.15, 0.2) is 0 Å². The molecule has 0 radical (unpaired) electrons. The lowest BCUT2D eigenvalue weighted by Gasteiger charge is -2.02. The number of fused-ring (bicyclic) bond motifs is 1. The Labute approximate surface area is 112 Å². The van der Waals surface area contributed by atoms with Crippen molar-refractivity contribution < 1.29 is 0 Å². The van der Waals surface area contributed by atoms with Crippen LogP contribution in [0.2, 0.25) is 5.02 Å². The minimum Gasteiger partial charge on any atom is -0.299 e. The fourth-order valence-corrected chi connectivity index (χ4v) is 2.25. The maximum absolute atomic E-state index is 5.89. The fourth-order valence-electron chi connectivity index (χ4n) is 1.79. The molecule has 0 saturated heterocycles. The molecule has 84 valence electrons. The minimum atomic E-state index is 0.740. The second-order valence-corrected chi connectivity index (χ2v) is 5.08. The van der Waals surface area contributed by atoms with E-state index in [1.165, 1.54) is 0 Å². The van der Waals surface area contributed by atoms with Crippen LogP contribution in [0.1, 0.15) is 0 Å². The molecule has 0 fully saturated rings. The smallest absolute Gasteiger partial charge is 0.137 e.